The third-order valence-corrected chi connectivity index (χ3v) is 5.69. The second kappa shape index (κ2) is 8.59. The Morgan fingerprint density at radius 1 is 1.04 bits per heavy atom. The fourth-order valence-electron chi connectivity index (χ4n) is 2.79. The Hall–Kier alpha value is -2.31. The van der Waals surface area contributed by atoms with Crippen LogP contribution < -0.4 is 10.6 Å². The summed E-state index contributed by atoms with van der Waals surface area (Å²) in [6.07, 6.45) is 0. The SMILES string of the molecule is CCOP(=O)(N[C@H](c1ccccc1)c1nc2ccccc2[nH]c1=O)OCC. The van der Waals surface area contributed by atoms with Crippen LogP contribution in [0.25, 0.3) is 11.0 Å². The molecule has 0 bridgehead atoms. The summed E-state index contributed by atoms with van der Waals surface area (Å²) in [7, 11) is -3.63. The van der Waals surface area contributed by atoms with E-state index < -0.39 is 13.8 Å². The van der Waals surface area contributed by atoms with Crippen molar-refractivity contribution in [2.24, 2.45) is 0 Å². The van der Waals surface area contributed by atoms with Crippen molar-refractivity contribution in [3.63, 3.8) is 0 Å². The maximum absolute atomic E-state index is 13.0. The topological polar surface area (TPSA) is 93.3 Å². The second-order valence-electron chi connectivity index (χ2n) is 5.77. The predicted molar refractivity (Wildman–Crippen MR) is 105 cm³/mol. The number of hydrogen-bond acceptors (Lipinski definition) is 5. The molecular weight excluding hydrogens is 365 g/mol. The highest BCUT2D eigenvalue weighted by molar-refractivity contribution is 7.51. The summed E-state index contributed by atoms with van der Waals surface area (Å²) in [6.45, 7) is 3.86. The van der Waals surface area contributed by atoms with Gasteiger partial charge in [0.1, 0.15) is 5.69 Å². The van der Waals surface area contributed by atoms with Crippen LogP contribution >= 0.6 is 7.75 Å². The predicted octanol–water partition coefficient (Wildman–Crippen LogP) is 3.78. The fraction of sp³-hybridized carbons (Fsp3) is 0.263. The smallest absolute Gasteiger partial charge is 0.319 e. The molecule has 2 N–H and O–H groups in total. The van der Waals surface area contributed by atoms with Crippen molar-refractivity contribution in [2.45, 2.75) is 19.9 Å². The van der Waals surface area contributed by atoms with E-state index in [0.29, 0.717) is 11.0 Å². The van der Waals surface area contributed by atoms with Crippen molar-refractivity contribution in [3.05, 3.63) is 76.2 Å². The number of benzene rings is 2. The van der Waals surface area contributed by atoms with Crippen LogP contribution in [0.15, 0.2) is 59.4 Å². The van der Waals surface area contributed by atoms with Gasteiger partial charge < -0.3 is 4.98 Å². The van der Waals surface area contributed by atoms with Gasteiger partial charge in [-0.15, -0.1) is 0 Å². The molecule has 1 heterocycles. The molecule has 0 saturated carbocycles. The van der Waals surface area contributed by atoms with Gasteiger partial charge in [-0.2, -0.15) is 0 Å². The van der Waals surface area contributed by atoms with E-state index in [4.69, 9.17) is 9.05 Å². The number of hydrogen-bond donors (Lipinski definition) is 2. The minimum absolute atomic E-state index is 0.194. The number of nitrogens with one attached hydrogen (secondary N) is 2. The molecule has 7 nitrogen and oxygen atoms in total. The van der Waals surface area contributed by atoms with Crippen LogP contribution in [-0.4, -0.2) is 23.2 Å². The molecule has 142 valence electrons. The van der Waals surface area contributed by atoms with Crippen LogP contribution in [0.3, 0.4) is 0 Å². The van der Waals surface area contributed by atoms with Gasteiger partial charge in [0.25, 0.3) is 5.56 Å². The third kappa shape index (κ3) is 4.51. The number of aromatic nitrogens is 2. The van der Waals surface area contributed by atoms with Gasteiger partial charge in [-0.3, -0.25) is 13.8 Å². The highest BCUT2D eigenvalue weighted by Crippen LogP contribution is 2.46. The molecule has 0 aliphatic rings. The minimum atomic E-state index is -3.63. The van der Waals surface area contributed by atoms with Crippen molar-refractivity contribution in [2.75, 3.05) is 13.2 Å². The summed E-state index contributed by atoms with van der Waals surface area (Å²) in [5.41, 5.74) is 1.83. The first-order valence-corrected chi connectivity index (χ1v) is 10.3. The summed E-state index contributed by atoms with van der Waals surface area (Å²) in [4.78, 5) is 20.1. The second-order valence-corrected chi connectivity index (χ2v) is 7.54. The first kappa shape index (κ1) is 19.5. The van der Waals surface area contributed by atoms with Crippen LogP contribution in [0.2, 0.25) is 0 Å². The molecule has 0 radical (unpaired) electrons. The lowest BCUT2D eigenvalue weighted by molar-refractivity contribution is 0.208. The summed E-state index contributed by atoms with van der Waals surface area (Å²) < 4.78 is 23.8. The lowest BCUT2D eigenvalue weighted by Crippen LogP contribution is -2.29. The molecule has 0 aliphatic heterocycles. The zero-order valence-corrected chi connectivity index (χ0v) is 16.1. The Morgan fingerprint density at radius 3 is 2.33 bits per heavy atom. The van der Waals surface area contributed by atoms with Crippen LogP contribution in [-0.2, 0) is 13.6 Å². The van der Waals surface area contributed by atoms with E-state index in [9.17, 15) is 9.36 Å². The molecule has 1 atom stereocenters. The molecule has 27 heavy (non-hydrogen) atoms. The van der Waals surface area contributed by atoms with Crippen molar-refractivity contribution < 1.29 is 13.6 Å². The van der Waals surface area contributed by atoms with Gasteiger partial charge >= 0.3 is 7.75 Å². The summed E-state index contributed by atoms with van der Waals surface area (Å²) in [5.74, 6) is 0. The molecule has 0 amide bonds. The molecule has 3 aromatic rings. The molecular formula is C19H22N3O4P. The quantitative estimate of drug-likeness (QED) is 0.572. The normalized spacial score (nSPS) is 13.0. The van der Waals surface area contributed by atoms with Gasteiger partial charge in [0.05, 0.1) is 30.3 Å². The van der Waals surface area contributed by atoms with Crippen molar-refractivity contribution in [1.29, 1.82) is 0 Å². The van der Waals surface area contributed by atoms with Gasteiger partial charge in [0.2, 0.25) is 0 Å². The van der Waals surface area contributed by atoms with E-state index >= 15 is 0 Å². The number of para-hydroxylation sites is 2. The van der Waals surface area contributed by atoms with E-state index in [1.54, 1.807) is 19.9 Å². The van der Waals surface area contributed by atoms with Gasteiger partial charge in [0.15, 0.2) is 0 Å². The van der Waals surface area contributed by atoms with Crippen molar-refractivity contribution >= 4 is 18.8 Å². The summed E-state index contributed by atoms with van der Waals surface area (Å²) in [5, 5.41) is 2.90. The standard InChI is InChI=1S/C19H22N3O4P/c1-3-25-27(24,26-4-2)22-17(14-10-6-5-7-11-14)18-19(23)21-16-13-9-8-12-15(16)20-18/h5-13,17H,3-4H2,1-2H3,(H,21,23)(H,22,24)/t17-/m1/s1. The Kier molecular flexibility index (Phi) is 6.19. The number of H-pyrrole nitrogens is 1. The lowest BCUT2D eigenvalue weighted by atomic mass is 10.0. The first-order chi connectivity index (χ1) is 13.1. The molecule has 0 fully saturated rings. The van der Waals surface area contributed by atoms with E-state index in [-0.39, 0.29) is 24.5 Å². The van der Waals surface area contributed by atoms with E-state index in [2.05, 4.69) is 15.1 Å². The number of nitrogens with zero attached hydrogens (tertiary/aromatic N) is 1. The first-order valence-electron chi connectivity index (χ1n) is 8.77. The van der Waals surface area contributed by atoms with Gasteiger partial charge in [0, 0.05) is 0 Å². The Morgan fingerprint density at radius 2 is 1.67 bits per heavy atom. The Labute approximate surface area is 157 Å². The van der Waals surface area contributed by atoms with E-state index in [1.807, 2.05) is 48.5 Å². The van der Waals surface area contributed by atoms with Crippen LogP contribution in [0.4, 0.5) is 0 Å². The Balaban J connectivity index is 2.12. The zero-order chi connectivity index (χ0) is 19.3. The molecule has 0 unspecified atom stereocenters. The van der Waals surface area contributed by atoms with Crippen molar-refractivity contribution in [3.8, 4) is 0 Å². The Bertz CT molecular complexity index is 997. The molecule has 0 aliphatic carbocycles. The number of aromatic amines is 1. The molecule has 0 saturated heterocycles. The van der Waals surface area contributed by atoms with Gasteiger partial charge in [-0.05, 0) is 31.5 Å². The summed E-state index contributed by atoms with van der Waals surface area (Å²) in [6, 6.07) is 15.7. The summed E-state index contributed by atoms with van der Waals surface area (Å²) >= 11 is 0. The maximum atomic E-state index is 13.0. The van der Waals surface area contributed by atoms with Crippen LogP contribution in [0, 0.1) is 0 Å². The monoisotopic (exact) mass is 387 g/mol. The van der Waals surface area contributed by atoms with Gasteiger partial charge in [-0.1, -0.05) is 42.5 Å². The number of fused-ring (bicyclic) bond motifs is 1. The lowest BCUT2D eigenvalue weighted by Gasteiger charge is -2.24. The largest absolute Gasteiger partial charge is 0.406 e. The molecule has 2 aromatic carbocycles. The maximum Gasteiger partial charge on any atom is 0.406 e. The highest BCUT2D eigenvalue weighted by Gasteiger charge is 2.31. The third-order valence-electron chi connectivity index (χ3n) is 3.92. The minimum Gasteiger partial charge on any atom is -0.319 e. The average Bonchev–Trinajstić information content (AvgIpc) is 2.67. The van der Waals surface area contributed by atoms with E-state index in [1.165, 1.54) is 0 Å². The number of rotatable bonds is 8. The van der Waals surface area contributed by atoms with Crippen LogP contribution in [0.5, 0.6) is 0 Å². The fourth-order valence-corrected chi connectivity index (χ4v) is 4.28. The zero-order valence-electron chi connectivity index (χ0n) is 15.2. The molecule has 1 aromatic heterocycles. The molecule has 0 spiro atoms. The molecule has 8 heteroatoms. The highest BCUT2D eigenvalue weighted by atomic mass is 31.2. The molecule has 3 rings (SSSR count). The average molecular weight is 387 g/mol. The van der Waals surface area contributed by atoms with Crippen LogP contribution in [0.1, 0.15) is 31.1 Å². The van der Waals surface area contributed by atoms with Gasteiger partial charge in [-0.25, -0.2) is 14.6 Å². The van der Waals surface area contributed by atoms with E-state index in [0.717, 1.165) is 5.56 Å². The van der Waals surface area contributed by atoms with Crippen molar-refractivity contribution in [1.82, 2.24) is 15.1 Å².